The Bertz CT molecular complexity index is 774. The molecule has 2 aromatic rings. The van der Waals surface area contributed by atoms with Crippen LogP contribution >= 0.6 is 0 Å². The number of nitro groups is 1. The number of amides is 1. The molecule has 0 fully saturated rings. The van der Waals surface area contributed by atoms with Gasteiger partial charge in [0, 0.05) is 30.4 Å². The Labute approximate surface area is 145 Å². The lowest BCUT2D eigenvalue weighted by Gasteiger charge is -2.07. The lowest BCUT2D eigenvalue weighted by Crippen LogP contribution is -2.26. The van der Waals surface area contributed by atoms with E-state index >= 15 is 0 Å². The van der Waals surface area contributed by atoms with Crippen LogP contribution in [0, 0.1) is 10.1 Å². The monoisotopic (exact) mass is 341 g/mol. The van der Waals surface area contributed by atoms with Crippen LogP contribution in [0.2, 0.25) is 0 Å². The van der Waals surface area contributed by atoms with Gasteiger partial charge in [0.1, 0.15) is 0 Å². The molecular formula is C18H19N3O4. The molecular weight excluding hydrogens is 322 g/mol. The van der Waals surface area contributed by atoms with E-state index in [1.807, 2.05) is 6.07 Å². The Balaban J connectivity index is 1.96. The molecule has 7 heteroatoms. The normalized spacial score (nSPS) is 10.6. The first kappa shape index (κ1) is 18.2. The van der Waals surface area contributed by atoms with E-state index in [1.165, 1.54) is 6.07 Å². The van der Waals surface area contributed by atoms with Crippen LogP contribution in [-0.2, 0) is 0 Å². The molecule has 0 spiro atoms. The van der Waals surface area contributed by atoms with Crippen LogP contribution in [0.3, 0.4) is 0 Å². The van der Waals surface area contributed by atoms with Crippen LogP contribution in [0.15, 0.2) is 54.6 Å². The molecule has 0 bridgehead atoms. The van der Waals surface area contributed by atoms with E-state index in [0.717, 1.165) is 5.69 Å². The first-order chi connectivity index (χ1) is 12.1. The molecule has 2 rings (SSSR count). The van der Waals surface area contributed by atoms with Gasteiger partial charge in [-0.2, -0.15) is 0 Å². The highest BCUT2D eigenvalue weighted by atomic mass is 16.6. The lowest BCUT2D eigenvalue weighted by molar-refractivity contribution is -0.385. The van der Waals surface area contributed by atoms with Crippen LogP contribution < -0.4 is 10.6 Å². The standard InChI is InChI=1S/C18H19N3O4/c22-12-11-20-18(23)15-6-3-8-16(13-15)19-10-4-7-14-5-1-2-9-17(14)21(24)25/h1-9,13,19,22H,10-12H2,(H,20,23)/b7-4+. The van der Waals surface area contributed by atoms with Crippen molar-refractivity contribution in [2.75, 3.05) is 25.0 Å². The van der Waals surface area contributed by atoms with E-state index in [4.69, 9.17) is 5.11 Å². The van der Waals surface area contributed by atoms with Gasteiger partial charge in [-0.25, -0.2) is 0 Å². The van der Waals surface area contributed by atoms with Crippen LogP contribution in [-0.4, -0.2) is 35.6 Å². The van der Waals surface area contributed by atoms with Crippen molar-refractivity contribution in [3.63, 3.8) is 0 Å². The molecule has 7 nitrogen and oxygen atoms in total. The van der Waals surface area contributed by atoms with Gasteiger partial charge in [-0.15, -0.1) is 0 Å². The van der Waals surface area contributed by atoms with Gasteiger partial charge in [0.25, 0.3) is 11.6 Å². The van der Waals surface area contributed by atoms with Crippen LogP contribution in [0.1, 0.15) is 15.9 Å². The molecule has 2 aromatic carbocycles. The van der Waals surface area contributed by atoms with Crippen molar-refractivity contribution in [1.82, 2.24) is 5.32 Å². The SMILES string of the molecule is O=C(NCCO)c1cccc(NC/C=C/c2ccccc2[N+](=O)[O-])c1. The second-order valence-electron chi connectivity index (χ2n) is 5.16. The minimum Gasteiger partial charge on any atom is -0.395 e. The fraction of sp³-hybridized carbons (Fsp3) is 0.167. The van der Waals surface area contributed by atoms with Gasteiger partial charge in [-0.1, -0.05) is 30.4 Å². The molecule has 0 heterocycles. The number of nitrogens with zero attached hydrogens (tertiary/aromatic N) is 1. The summed E-state index contributed by atoms with van der Waals surface area (Å²) in [5.74, 6) is -0.256. The molecule has 0 radical (unpaired) electrons. The molecule has 0 saturated carbocycles. The molecule has 1 amide bonds. The smallest absolute Gasteiger partial charge is 0.276 e. The number of hydrogen-bond donors (Lipinski definition) is 3. The summed E-state index contributed by atoms with van der Waals surface area (Å²) in [5.41, 5.74) is 1.83. The first-order valence-electron chi connectivity index (χ1n) is 7.75. The van der Waals surface area contributed by atoms with Crippen LogP contribution in [0.25, 0.3) is 6.08 Å². The Hall–Kier alpha value is -3.19. The number of aliphatic hydroxyl groups excluding tert-OH is 1. The summed E-state index contributed by atoms with van der Waals surface area (Å²) in [6, 6.07) is 13.5. The van der Waals surface area contributed by atoms with Crippen molar-refractivity contribution < 1.29 is 14.8 Å². The fourth-order valence-electron chi connectivity index (χ4n) is 2.20. The average Bonchev–Trinajstić information content (AvgIpc) is 2.63. The third-order valence-corrected chi connectivity index (χ3v) is 3.38. The number of carbonyl (C=O) groups excluding carboxylic acids is 1. The van der Waals surface area contributed by atoms with E-state index < -0.39 is 4.92 Å². The molecule has 130 valence electrons. The van der Waals surface area contributed by atoms with Crippen molar-refractivity contribution in [2.45, 2.75) is 0 Å². The highest BCUT2D eigenvalue weighted by molar-refractivity contribution is 5.95. The Kier molecular flexibility index (Phi) is 6.67. The first-order valence-corrected chi connectivity index (χ1v) is 7.75. The topological polar surface area (TPSA) is 104 Å². The third kappa shape index (κ3) is 5.43. The predicted molar refractivity (Wildman–Crippen MR) is 96.5 cm³/mol. The molecule has 0 aliphatic rings. The Morgan fingerprint density at radius 3 is 2.76 bits per heavy atom. The molecule has 0 unspecified atom stereocenters. The maximum atomic E-state index is 11.8. The summed E-state index contributed by atoms with van der Waals surface area (Å²) in [6.45, 7) is 0.545. The summed E-state index contributed by atoms with van der Waals surface area (Å²) in [6.07, 6.45) is 3.46. The minimum atomic E-state index is -0.415. The van der Waals surface area contributed by atoms with E-state index in [-0.39, 0.29) is 24.7 Å². The third-order valence-electron chi connectivity index (χ3n) is 3.38. The number of para-hydroxylation sites is 1. The summed E-state index contributed by atoms with van der Waals surface area (Å²) < 4.78 is 0. The number of hydrogen-bond acceptors (Lipinski definition) is 5. The number of aliphatic hydroxyl groups is 1. The Morgan fingerprint density at radius 2 is 2.00 bits per heavy atom. The number of nitro benzene ring substituents is 1. The van der Waals surface area contributed by atoms with Gasteiger partial charge in [0.05, 0.1) is 17.1 Å². The van der Waals surface area contributed by atoms with Gasteiger partial charge in [0.2, 0.25) is 0 Å². The van der Waals surface area contributed by atoms with Gasteiger partial charge < -0.3 is 15.7 Å². The summed E-state index contributed by atoms with van der Waals surface area (Å²) >= 11 is 0. The van der Waals surface area contributed by atoms with E-state index in [2.05, 4.69) is 10.6 Å². The molecule has 0 aliphatic heterocycles. The molecule has 25 heavy (non-hydrogen) atoms. The quantitative estimate of drug-likeness (QED) is 0.505. The zero-order chi connectivity index (χ0) is 18.1. The zero-order valence-corrected chi connectivity index (χ0v) is 13.5. The molecule has 0 atom stereocenters. The van der Waals surface area contributed by atoms with Crippen LogP contribution in [0.5, 0.6) is 0 Å². The van der Waals surface area contributed by atoms with Crippen molar-refractivity contribution in [1.29, 1.82) is 0 Å². The van der Waals surface area contributed by atoms with E-state index in [9.17, 15) is 14.9 Å². The summed E-state index contributed by atoms with van der Waals surface area (Å²) in [4.78, 5) is 22.4. The van der Waals surface area contributed by atoms with Gasteiger partial charge in [-0.05, 0) is 24.3 Å². The minimum absolute atomic E-state index is 0.0568. The van der Waals surface area contributed by atoms with Crippen LogP contribution in [0.4, 0.5) is 11.4 Å². The molecule has 0 aliphatic carbocycles. The second kappa shape index (κ2) is 9.19. The number of carbonyl (C=O) groups is 1. The lowest BCUT2D eigenvalue weighted by atomic mass is 10.1. The zero-order valence-electron chi connectivity index (χ0n) is 13.5. The van der Waals surface area contributed by atoms with Crippen molar-refractivity contribution in [2.24, 2.45) is 0 Å². The molecule has 3 N–H and O–H groups in total. The summed E-state index contributed by atoms with van der Waals surface area (Å²) in [7, 11) is 0. The van der Waals surface area contributed by atoms with E-state index in [1.54, 1.807) is 48.6 Å². The van der Waals surface area contributed by atoms with Gasteiger partial charge >= 0.3 is 0 Å². The van der Waals surface area contributed by atoms with E-state index in [0.29, 0.717) is 17.7 Å². The second-order valence-corrected chi connectivity index (χ2v) is 5.16. The molecule has 0 aromatic heterocycles. The molecule has 0 saturated heterocycles. The number of nitrogens with one attached hydrogen (secondary N) is 2. The van der Waals surface area contributed by atoms with Crippen molar-refractivity contribution in [3.8, 4) is 0 Å². The maximum Gasteiger partial charge on any atom is 0.276 e. The highest BCUT2D eigenvalue weighted by Crippen LogP contribution is 2.19. The predicted octanol–water partition coefficient (Wildman–Crippen LogP) is 2.44. The number of benzene rings is 2. The summed E-state index contributed by atoms with van der Waals surface area (Å²) in [5, 5.41) is 25.4. The number of rotatable bonds is 8. The average molecular weight is 341 g/mol. The largest absolute Gasteiger partial charge is 0.395 e. The Morgan fingerprint density at radius 1 is 1.20 bits per heavy atom. The van der Waals surface area contributed by atoms with Gasteiger partial charge in [-0.3, -0.25) is 14.9 Å². The van der Waals surface area contributed by atoms with Crippen molar-refractivity contribution >= 4 is 23.4 Å². The van der Waals surface area contributed by atoms with Crippen molar-refractivity contribution in [3.05, 3.63) is 75.8 Å². The highest BCUT2D eigenvalue weighted by Gasteiger charge is 2.09. The fourth-order valence-corrected chi connectivity index (χ4v) is 2.20. The number of anilines is 1. The van der Waals surface area contributed by atoms with Gasteiger partial charge in [0.15, 0.2) is 0 Å². The maximum absolute atomic E-state index is 11.8.